The first-order chi connectivity index (χ1) is 17.2. The number of benzene rings is 2. The van der Waals surface area contributed by atoms with Crippen molar-refractivity contribution in [1.29, 1.82) is 0 Å². The average molecular weight is 535 g/mol. The summed E-state index contributed by atoms with van der Waals surface area (Å²) in [4.78, 5) is 19.8. The van der Waals surface area contributed by atoms with Gasteiger partial charge < -0.3 is 0 Å². The summed E-state index contributed by atoms with van der Waals surface area (Å²) in [7, 11) is -1.54. The summed E-state index contributed by atoms with van der Waals surface area (Å²) < 4.78 is 1.16. The van der Waals surface area contributed by atoms with Gasteiger partial charge in [-0.2, -0.15) is 5.10 Å². The standard InChI is InChI=1S/C26H27ClN6OSSi/c1-18-29-23-8-6-19(14-25(23)35-18)17-31-11-5-12-32(31)26(34)22-15-20(27)7-9-24(22)33-28-16-21(30-33)10-13-36(2,3)4/h6-9,14-16H,5,11-12,17H2,1-4H3. The smallest absolute Gasteiger partial charge is 0.270 e. The molecule has 0 atom stereocenters. The average Bonchev–Trinajstić information content (AvgIpc) is 3.56. The second-order valence-electron chi connectivity index (χ2n) is 9.89. The predicted octanol–water partition coefficient (Wildman–Crippen LogP) is 5.33. The van der Waals surface area contributed by atoms with Crippen LogP contribution in [0.2, 0.25) is 24.7 Å². The first-order valence-electron chi connectivity index (χ1n) is 11.8. The summed E-state index contributed by atoms with van der Waals surface area (Å²) in [6.07, 6.45) is 2.54. The molecule has 10 heteroatoms. The van der Waals surface area contributed by atoms with Crippen LogP contribution in [0.5, 0.6) is 0 Å². The summed E-state index contributed by atoms with van der Waals surface area (Å²) in [6, 6.07) is 11.5. The van der Waals surface area contributed by atoms with Crippen LogP contribution in [0.3, 0.4) is 0 Å². The third-order valence-corrected chi connectivity index (χ3v) is 7.79. The van der Waals surface area contributed by atoms with Gasteiger partial charge in [-0.3, -0.25) is 9.80 Å². The lowest BCUT2D eigenvalue weighted by Gasteiger charge is -2.28. The fourth-order valence-corrected chi connectivity index (χ4v) is 5.70. The second kappa shape index (κ2) is 9.79. The van der Waals surface area contributed by atoms with Crippen molar-refractivity contribution >= 4 is 47.1 Å². The Hall–Kier alpha value is -3.03. The highest BCUT2D eigenvalue weighted by Gasteiger charge is 2.30. The number of aromatic nitrogens is 4. The predicted molar refractivity (Wildman–Crippen MR) is 147 cm³/mol. The molecule has 1 fully saturated rings. The number of thiazole rings is 1. The number of aryl methyl sites for hydroxylation is 1. The van der Waals surface area contributed by atoms with Crippen LogP contribution in [-0.4, -0.2) is 57.1 Å². The summed E-state index contributed by atoms with van der Waals surface area (Å²) in [5.41, 5.74) is 7.09. The van der Waals surface area contributed by atoms with E-state index in [1.807, 2.05) is 11.9 Å². The number of rotatable bonds is 4. The number of hydrogen-bond acceptors (Lipinski definition) is 6. The van der Waals surface area contributed by atoms with Crippen LogP contribution in [0.1, 0.15) is 33.0 Å². The molecule has 3 heterocycles. The van der Waals surface area contributed by atoms with Crippen molar-refractivity contribution < 1.29 is 4.79 Å². The number of amides is 1. The molecule has 1 amide bonds. The molecule has 0 saturated carbocycles. The number of carbonyl (C=O) groups excluding carboxylic acids is 1. The van der Waals surface area contributed by atoms with Crippen molar-refractivity contribution in [2.45, 2.75) is 39.5 Å². The SMILES string of the molecule is Cc1nc2ccc(CN3CCCN3C(=O)c3cc(Cl)ccc3-n3ncc(C#C[Si](C)(C)C)n3)cc2s1. The number of halogens is 1. The lowest BCUT2D eigenvalue weighted by Crippen LogP contribution is -2.41. The number of hydrazine groups is 1. The zero-order valence-corrected chi connectivity index (χ0v) is 23.3. The van der Waals surface area contributed by atoms with Crippen LogP contribution in [0.25, 0.3) is 15.9 Å². The van der Waals surface area contributed by atoms with E-state index in [-0.39, 0.29) is 5.91 Å². The van der Waals surface area contributed by atoms with E-state index in [0.717, 1.165) is 33.8 Å². The van der Waals surface area contributed by atoms with Gasteiger partial charge in [-0.15, -0.1) is 26.8 Å². The normalized spacial score (nSPS) is 14.3. The third-order valence-electron chi connectivity index (χ3n) is 5.75. The Balaban J connectivity index is 1.42. The molecule has 1 aliphatic heterocycles. The Labute approximate surface area is 220 Å². The number of carbonyl (C=O) groups is 1. The van der Waals surface area contributed by atoms with Crippen molar-refractivity contribution in [3.05, 3.63) is 69.4 Å². The van der Waals surface area contributed by atoms with Crippen molar-refractivity contribution in [1.82, 2.24) is 30.0 Å². The highest BCUT2D eigenvalue weighted by molar-refractivity contribution is 7.18. The quantitative estimate of drug-likeness (QED) is 0.261. The van der Waals surface area contributed by atoms with E-state index in [1.165, 1.54) is 4.80 Å². The minimum Gasteiger partial charge on any atom is -0.271 e. The molecule has 2 aromatic heterocycles. The summed E-state index contributed by atoms with van der Waals surface area (Å²) in [6.45, 7) is 10.6. The zero-order valence-electron chi connectivity index (χ0n) is 20.7. The molecule has 0 aliphatic carbocycles. The van der Waals surface area contributed by atoms with Gasteiger partial charge in [-0.1, -0.05) is 43.2 Å². The van der Waals surface area contributed by atoms with Gasteiger partial charge >= 0.3 is 0 Å². The maximum atomic E-state index is 13.8. The molecular formula is C26H27ClN6OSSi. The maximum absolute atomic E-state index is 13.8. The number of hydrogen-bond donors (Lipinski definition) is 0. The number of nitrogens with zero attached hydrogens (tertiary/aromatic N) is 6. The van der Waals surface area contributed by atoms with E-state index in [1.54, 1.807) is 35.7 Å². The zero-order chi connectivity index (χ0) is 25.4. The molecule has 184 valence electrons. The highest BCUT2D eigenvalue weighted by atomic mass is 35.5. The molecule has 4 aromatic rings. The van der Waals surface area contributed by atoms with Gasteiger partial charge in [-0.25, -0.2) is 9.99 Å². The molecule has 36 heavy (non-hydrogen) atoms. The van der Waals surface area contributed by atoms with Crippen LogP contribution in [0, 0.1) is 18.4 Å². The molecule has 0 radical (unpaired) electrons. The van der Waals surface area contributed by atoms with Gasteiger partial charge in [0.2, 0.25) is 0 Å². The Morgan fingerprint density at radius 1 is 1.17 bits per heavy atom. The molecular weight excluding hydrogens is 508 g/mol. The molecule has 0 spiro atoms. The first kappa shape index (κ1) is 24.7. The van der Waals surface area contributed by atoms with Crippen molar-refractivity contribution in [3.63, 3.8) is 0 Å². The Morgan fingerprint density at radius 3 is 2.81 bits per heavy atom. The molecule has 7 nitrogen and oxygen atoms in total. The highest BCUT2D eigenvalue weighted by Crippen LogP contribution is 2.27. The Bertz CT molecular complexity index is 1510. The minimum absolute atomic E-state index is 0.119. The van der Waals surface area contributed by atoms with Crippen LogP contribution in [0.4, 0.5) is 0 Å². The fourth-order valence-electron chi connectivity index (χ4n) is 4.13. The third kappa shape index (κ3) is 5.37. The molecule has 0 unspecified atom stereocenters. The minimum atomic E-state index is -1.54. The van der Waals surface area contributed by atoms with E-state index in [0.29, 0.717) is 35.1 Å². The molecule has 0 N–H and O–H groups in total. The van der Waals surface area contributed by atoms with E-state index in [9.17, 15) is 4.79 Å². The summed E-state index contributed by atoms with van der Waals surface area (Å²) in [5.74, 6) is 3.00. The van der Waals surface area contributed by atoms with Gasteiger partial charge in [0, 0.05) is 24.7 Å². The molecule has 1 saturated heterocycles. The van der Waals surface area contributed by atoms with Gasteiger partial charge in [0.05, 0.1) is 32.7 Å². The molecule has 0 bridgehead atoms. The van der Waals surface area contributed by atoms with E-state index >= 15 is 0 Å². The van der Waals surface area contributed by atoms with Gasteiger partial charge in [-0.05, 0) is 49.2 Å². The topological polar surface area (TPSA) is 67.2 Å². The van der Waals surface area contributed by atoms with Crippen molar-refractivity contribution in [3.8, 4) is 17.2 Å². The van der Waals surface area contributed by atoms with Crippen LogP contribution in [-0.2, 0) is 6.54 Å². The van der Waals surface area contributed by atoms with Crippen LogP contribution >= 0.6 is 22.9 Å². The van der Waals surface area contributed by atoms with E-state index < -0.39 is 8.07 Å². The van der Waals surface area contributed by atoms with E-state index in [4.69, 9.17) is 11.6 Å². The maximum Gasteiger partial charge on any atom is 0.270 e. The Morgan fingerprint density at radius 2 is 2.00 bits per heavy atom. The van der Waals surface area contributed by atoms with Crippen molar-refractivity contribution in [2.75, 3.05) is 13.1 Å². The number of fused-ring (bicyclic) bond motifs is 1. The molecule has 5 rings (SSSR count). The monoisotopic (exact) mass is 534 g/mol. The van der Waals surface area contributed by atoms with Gasteiger partial charge in [0.25, 0.3) is 5.91 Å². The lowest BCUT2D eigenvalue weighted by molar-refractivity contribution is 0.0170. The van der Waals surface area contributed by atoms with Crippen molar-refractivity contribution in [2.24, 2.45) is 0 Å². The lowest BCUT2D eigenvalue weighted by atomic mass is 10.1. The fraction of sp³-hybridized carbons (Fsp3) is 0.308. The van der Waals surface area contributed by atoms with Gasteiger partial charge in [0.1, 0.15) is 8.07 Å². The Kier molecular flexibility index (Phi) is 6.70. The van der Waals surface area contributed by atoms with Crippen LogP contribution < -0.4 is 0 Å². The van der Waals surface area contributed by atoms with Gasteiger partial charge in [0.15, 0.2) is 5.69 Å². The van der Waals surface area contributed by atoms with Crippen LogP contribution in [0.15, 0.2) is 42.6 Å². The largest absolute Gasteiger partial charge is 0.271 e. The van der Waals surface area contributed by atoms with E-state index in [2.05, 4.69) is 69.5 Å². The summed E-state index contributed by atoms with van der Waals surface area (Å²) in [5, 5.41) is 14.4. The summed E-state index contributed by atoms with van der Waals surface area (Å²) >= 11 is 8.01. The second-order valence-corrected chi connectivity index (χ2v) is 16.3. The molecule has 1 aliphatic rings. The first-order valence-corrected chi connectivity index (χ1v) is 16.5. The molecule has 2 aromatic carbocycles.